The Morgan fingerprint density at radius 3 is 2.05 bits per heavy atom. The smallest absolute Gasteiger partial charge is 0.247 e. The van der Waals surface area contributed by atoms with Gasteiger partial charge in [-0.1, -0.05) is 77.1 Å². The van der Waals surface area contributed by atoms with Crippen molar-refractivity contribution in [3.05, 3.63) is 77.9 Å². The van der Waals surface area contributed by atoms with E-state index in [4.69, 9.17) is 0 Å². The fourth-order valence-corrected chi connectivity index (χ4v) is 4.55. The summed E-state index contributed by atoms with van der Waals surface area (Å²) in [6.07, 6.45) is 3.12. The molecular formula is C31H42N2O5. The Hall–Kier alpha value is -3.45. The first-order chi connectivity index (χ1) is 17.9. The normalized spacial score (nSPS) is 13.9. The number of hydroxylamine groups is 1. The molecule has 0 aromatic heterocycles. The number of aromatic hydroxyl groups is 1. The average Bonchev–Trinajstić information content (AvgIpc) is 2.87. The molecule has 0 saturated carbocycles. The van der Waals surface area contributed by atoms with Gasteiger partial charge in [0.15, 0.2) is 5.78 Å². The summed E-state index contributed by atoms with van der Waals surface area (Å²) in [5, 5.41) is 22.0. The van der Waals surface area contributed by atoms with Crippen molar-refractivity contribution in [1.29, 1.82) is 0 Å². The maximum atomic E-state index is 13.7. The number of phenolic OH excluding ortho intramolecular Hbond substituents is 1. The van der Waals surface area contributed by atoms with Crippen LogP contribution in [-0.4, -0.2) is 34.0 Å². The molecule has 2 amide bonds. The van der Waals surface area contributed by atoms with Crippen LogP contribution in [0.15, 0.2) is 61.2 Å². The predicted octanol–water partition coefficient (Wildman–Crippen LogP) is 5.35. The van der Waals surface area contributed by atoms with E-state index in [9.17, 15) is 24.7 Å². The number of ketones is 1. The van der Waals surface area contributed by atoms with Crippen LogP contribution >= 0.6 is 0 Å². The molecule has 0 spiro atoms. The predicted molar refractivity (Wildman–Crippen MR) is 149 cm³/mol. The lowest BCUT2D eigenvalue weighted by Crippen LogP contribution is -2.48. The van der Waals surface area contributed by atoms with Crippen molar-refractivity contribution in [2.45, 2.75) is 71.8 Å². The molecule has 0 aliphatic carbocycles. The third kappa shape index (κ3) is 8.84. The van der Waals surface area contributed by atoms with Crippen LogP contribution in [0.4, 0.5) is 0 Å². The minimum Gasteiger partial charge on any atom is -0.508 e. The van der Waals surface area contributed by atoms with Gasteiger partial charge in [0.05, 0.1) is 12.0 Å². The summed E-state index contributed by atoms with van der Waals surface area (Å²) >= 11 is 0. The Morgan fingerprint density at radius 2 is 1.55 bits per heavy atom. The van der Waals surface area contributed by atoms with Crippen molar-refractivity contribution >= 4 is 17.6 Å². The highest BCUT2D eigenvalue weighted by Gasteiger charge is 2.35. The van der Waals surface area contributed by atoms with Crippen LogP contribution in [0.3, 0.4) is 0 Å². The minimum absolute atomic E-state index is 0.0704. The van der Waals surface area contributed by atoms with Crippen LogP contribution in [0.5, 0.6) is 5.75 Å². The minimum atomic E-state index is -0.889. The van der Waals surface area contributed by atoms with Crippen molar-refractivity contribution in [3.63, 3.8) is 0 Å². The maximum absolute atomic E-state index is 13.7. The monoisotopic (exact) mass is 522 g/mol. The molecule has 0 aliphatic rings. The van der Waals surface area contributed by atoms with E-state index in [2.05, 4.69) is 32.7 Å². The lowest BCUT2D eigenvalue weighted by atomic mass is 9.81. The molecule has 7 heteroatoms. The molecule has 3 atom stereocenters. The standard InChI is InChI=1S/C31H42N2O5/c1-7-8-9-25(30(37)33-38)26(18-20(2)3)29(36)32-27(19-21-10-16-24(34)17-11-21)28(35)22-12-14-23(15-13-22)31(4,5)6/h7,10-17,20,25-27,34,38H,1,8-9,18-19H2,2-6H3,(H,32,36)(H,33,37)/t25-,26+,27-/m0/s1. The van der Waals surface area contributed by atoms with Crippen molar-refractivity contribution in [3.8, 4) is 5.75 Å². The van der Waals surface area contributed by atoms with Crippen molar-refractivity contribution in [1.82, 2.24) is 10.8 Å². The van der Waals surface area contributed by atoms with Gasteiger partial charge in [0, 0.05) is 17.9 Å². The fourth-order valence-electron chi connectivity index (χ4n) is 4.55. The summed E-state index contributed by atoms with van der Waals surface area (Å²) in [6.45, 7) is 13.9. The van der Waals surface area contributed by atoms with Gasteiger partial charge in [-0.05, 0) is 53.9 Å². The third-order valence-corrected chi connectivity index (χ3v) is 6.72. The first kappa shape index (κ1) is 30.8. The molecular weight excluding hydrogens is 480 g/mol. The molecule has 0 radical (unpaired) electrons. The molecule has 2 rings (SSSR count). The molecule has 2 aromatic carbocycles. The number of benzene rings is 2. The molecule has 0 fully saturated rings. The molecule has 0 saturated heterocycles. The number of carbonyl (C=O) groups is 3. The lowest BCUT2D eigenvalue weighted by molar-refractivity contribution is -0.141. The van der Waals surface area contributed by atoms with E-state index in [0.717, 1.165) is 11.1 Å². The SMILES string of the molecule is C=CCC[C@H](C(=O)NO)[C@@H](CC(C)C)C(=O)N[C@@H](Cc1ccc(O)cc1)C(=O)c1ccc(C(C)(C)C)cc1. The number of carbonyl (C=O) groups excluding carboxylic acids is 3. The molecule has 206 valence electrons. The van der Waals surface area contributed by atoms with E-state index >= 15 is 0 Å². The molecule has 2 aromatic rings. The van der Waals surface area contributed by atoms with Gasteiger partial charge in [0.1, 0.15) is 5.75 Å². The van der Waals surface area contributed by atoms with Gasteiger partial charge < -0.3 is 10.4 Å². The van der Waals surface area contributed by atoms with Crippen LogP contribution in [0.2, 0.25) is 0 Å². The molecule has 4 N–H and O–H groups in total. The Bertz CT molecular complexity index is 1080. The summed E-state index contributed by atoms with van der Waals surface area (Å²) in [7, 11) is 0. The van der Waals surface area contributed by atoms with Crippen molar-refractivity contribution in [2.75, 3.05) is 0 Å². The number of phenols is 1. The number of rotatable bonds is 13. The molecule has 38 heavy (non-hydrogen) atoms. The van der Waals surface area contributed by atoms with E-state index in [1.807, 2.05) is 26.0 Å². The van der Waals surface area contributed by atoms with Crippen molar-refractivity contribution in [2.24, 2.45) is 17.8 Å². The third-order valence-electron chi connectivity index (χ3n) is 6.72. The molecule has 0 bridgehead atoms. The Morgan fingerprint density at radius 1 is 0.947 bits per heavy atom. The van der Waals surface area contributed by atoms with Gasteiger partial charge in [-0.25, -0.2) is 5.48 Å². The zero-order valence-corrected chi connectivity index (χ0v) is 23.2. The summed E-state index contributed by atoms with van der Waals surface area (Å²) in [5.74, 6) is -2.62. The maximum Gasteiger partial charge on any atom is 0.247 e. The number of hydrogen-bond acceptors (Lipinski definition) is 5. The van der Waals surface area contributed by atoms with E-state index in [1.165, 1.54) is 12.1 Å². The number of amides is 2. The first-order valence-corrected chi connectivity index (χ1v) is 13.1. The summed E-state index contributed by atoms with van der Waals surface area (Å²) in [5.41, 5.74) is 3.96. The second-order valence-corrected chi connectivity index (χ2v) is 11.3. The Kier molecular flexibility index (Phi) is 11.3. The van der Waals surface area contributed by atoms with Crippen LogP contribution in [-0.2, 0) is 21.4 Å². The zero-order chi connectivity index (χ0) is 28.5. The number of hydrogen-bond donors (Lipinski definition) is 4. The Labute approximate surface area is 226 Å². The Balaban J connectivity index is 2.42. The van der Waals surface area contributed by atoms with Gasteiger partial charge >= 0.3 is 0 Å². The molecule has 0 aliphatic heterocycles. The zero-order valence-electron chi connectivity index (χ0n) is 23.2. The van der Waals surface area contributed by atoms with Gasteiger partial charge in [-0.2, -0.15) is 0 Å². The number of Topliss-reactive ketones (excluding diaryl/α,β-unsaturated/α-hetero) is 1. The van der Waals surface area contributed by atoms with Crippen LogP contribution < -0.4 is 10.8 Å². The van der Waals surface area contributed by atoms with E-state index < -0.39 is 29.7 Å². The topological polar surface area (TPSA) is 116 Å². The number of allylic oxidation sites excluding steroid dienone is 1. The quantitative estimate of drug-likeness (QED) is 0.122. The van der Waals surface area contributed by atoms with Gasteiger partial charge in [-0.3, -0.25) is 19.6 Å². The van der Waals surface area contributed by atoms with Gasteiger partial charge in [-0.15, -0.1) is 6.58 Å². The second kappa shape index (κ2) is 13.9. The summed E-state index contributed by atoms with van der Waals surface area (Å²) in [6, 6.07) is 13.0. The summed E-state index contributed by atoms with van der Waals surface area (Å²) < 4.78 is 0. The largest absolute Gasteiger partial charge is 0.508 e. The van der Waals surface area contributed by atoms with Crippen LogP contribution in [0, 0.1) is 17.8 Å². The summed E-state index contributed by atoms with van der Waals surface area (Å²) in [4.78, 5) is 39.9. The highest BCUT2D eigenvalue weighted by molar-refractivity contribution is 6.02. The first-order valence-electron chi connectivity index (χ1n) is 13.1. The fraction of sp³-hybridized carbons (Fsp3) is 0.452. The van der Waals surface area contributed by atoms with E-state index in [1.54, 1.807) is 35.8 Å². The van der Waals surface area contributed by atoms with Gasteiger partial charge in [0.2, 0.25) is 11.8 Å². The second-order valence-electron chi connectivity index (χ2n) is 11.3. The van der Waals surface area contributed by atoms with Gasteiger partial charge in [0.25, 0.3) is 0 Å². The molecule has 7 nitrogen and oxygen atoms in total. The lowest BCUT2D eigenvalue weighted by Gasteiger charge is -2.28. The van der Waals surface area contributed by atoms with E-state index in [0.29, 0.717) is 24.8 Å². The highest BCUT2D eigenvalue weighted by atomic mass is 16.5. The van der Waals surface area contributed by atoms with Crippen molar-refractivity contribution < 1.29 is 24.7 Å². The average molecular weight is 523 g/mol. The highest BCUT2D eigenvalue weighted by Crippen LogP contribution is 2.27. The molecule has 0 heterocycles. The van der Waals surface area contributed by atoms with Crippen LogP contribution in [0.25, 0.3) is 0 Å². The molecule has 0 unspecified atom stereocenters. The van der Waals surface area contributed by atoms with Crippen LogP contribution in [0.1, 0.15) is 75.4 Å². The van der Waals surface area contributed by atoms with E-state index in [-0.39, 0.29) is 29.3 Å². The number of nitrogens with one attached hydrogen (secondary N) is 2.